The molecule has 1 N–H and O–H groups in total. The van der Waals surface area contributed by atoms with Crippen LogP contribution in [0.1, 0.15) is 40.0 Å². The van der Waals surface area contributed by atoms with Crippen LogP contribution in [0.15, 0.2) is 0 Å². The minimum atomic E-state index is -0.649. The monoisotopic (exact) mass is 227 g/mol. The van der Waals surface area contributed by atoms with Gasteiger partial charge < -0.3 is 10.0 Å². The molecule has 1 rings (SSSR count). The maximum absolute atomic E-state index is 10.8. The van der Waals surface area contributed by atoms with Gasteiger partial charge in [0, 0.05) is 6.54 Å². The second-order valence-corrected chi connectivity index (χ2v) is 5.61. The third-order valence-electron chi connectivity index (χ3n) is 3.44. The number of aliphatic carboxylic acids is 1. The lowest BCUT2D eigenvalue weighted by Gasteiger charge is -2.33. The smallest absolute Gasteiger partial charge is 0.306 e. The van der Waals surface area contributed by atoms with Gasteiger partial charge in [-0.25, -0.2) is 0 Å². The Morgan fingerprint density at radius 2 is 1.88 bits per heavy atom. The minimum absolute atomic E-state index is 0.179. The van der Waals surface area contributed by atoms with E-state index in [0.717, 1.165) is 25.4 Å². The van der Waals surface area contributed by atoms with Crippen molar-refractivity contribution in [3.8, 4) is 0 Å². The average Bonchev–Trinajstić information content (AvgIpc) is 2.20. The molecule has 1 heterocycles. The summed E-state index contributed by atoms with van der Waals surface area (Å²) in [6.07, 6.45) is 3.19. The van der Waals surface area contributed by atoms with Gasteiger partial charge in [-0.05, 0) is 44.2 Å². The van der Waals surface area contributed by atoms with E-state index in [1.807, 2.05) is 6.92 Å². The van der Waals surface area contributed by atoms with Crippen molar-refractivity contribution in [2.24, 2.45) is 17.8 Å². The van der Waals surface area contributed by atoms with E-state index in [1.165, 1.54) is 19.4 Å². The summed E-state index contributed by atoms with van der Waals surface area (Å²) in [4.78, 5) is 13.3. The zero-order valence-electron chi connectivity index (χ0n) is 10.8. The molecule has 94 valence electrons. The number of carboxylic acid groups (broad SMARTS) is 1. The van der Waals surface area contributed by atoms with Crippen molar-refractivity contribution in [2.45, 2.75) is 40.0 Å². The molecule has 1 atom stereocenters. The number of piperidine rings is 1. The van der Waals surface area contributed by atoms with E-state index < -0.39 is 5.97 Å². The van der Waals surface area contributed by atoms with Crippen molar-refractivity contribution < 1.29 is 9.90 Å². The van der Waals surface area contributed by atoms with Crippen LogP contribution >= 0.6 is 0 Å². The van der Waals surface area contributed by atoms with Crippen molar-refractivity contribution in [2.75, 3.05) is 19.6 Å². The van der Waals surface area contributed by atoms with Crippen LogP contribution in [-0.2, 0) is 4.79 Å². The van der Waals surface area contributed by atoms with Crippen molar-refractivity contribution >= 4 is 5.97 Å². The SMILES string of the molecule is CC(C)CN1CCC(CC(C)C(=O)O)CC1. The van der Waals surface area contributed by atoms with Crippen LogP contribution in [0.3, 0.4) is 0 Å². The van der Waals surface area contributed by atoms with E-state index in [9.17, 15) is 4.79 Å². The molecule has 16 heavy (non-hydrogen) atoms. The molecule has 1 aliphatic heterocycles. The van der Waals surface area contributed by atoms with Crippen LogP contribution in [0, 0.1) is 17.8 Å². The van der Waals surface area contributed by atoms with Crippen LogP contribution < -0.4 is 0 Å². The van der Waals surface area contributed by atoms with E-state index in [1.54, 1.807) is 0 Å². The van der Waals surface area contributed by atoms with Gasteiger partial charge in [-0.3, -0.25) is 4.79 Å². The molecule has 3 heteroatoms. The van der Waals surface area contributed by atoms with Gasteiger partial charge >= 0.3 is 5.97 Å². The highest BCUT2D eigenvalue weighted by Gasteiger charge is 2.23. The lowest BCUT2D eigenvalue weighted by atomic mass is 9.88. The predicted molar refractivity (Wildman–Crippen MR) is 65.4 cm³/mol. The number of rotatable bonds is 5. The van der Waals surface area contributed by atoms with Gasteiger partial charge in [-0.15, -0.1) is 0 Å². The first-order chi connectivity index (χ1) is 7.49. The van der Waals surface area contributed by atoms with E-state index in [2.05, 4.69) is 18.7 Å². The highest BCUT2D eigenvalue weighted by Crippen LogP contribution is 2.24. The largest absolute Gasteiger partial charge is 0.481 e. The summed E-state index contributed by atoms with van der Waals surface area (Å²) in [5.41, 5.74) is 0. The molecule has 0 aliphatic carbocycles. The zero-order valence-corrected chi connectivity index (χ0v) is 10.8. The molecular weight excluding hydrogens is 202 g/mol. The Hall–Kier alpha value is -0.570. The van der Waals surface area contributed by atoms with E-state index in [-0.39, 0.29) is 5.92 Å². The van der Waals surface area contributed by atoms with Crippen LogP contribution in [0.5, 0.6) is 0 Å². The van der Waals surface area contributed by atoms with Gasteiger partial charge in [0.15, 0.2) is 0 Å². The van der Waals surface area contributed by atoms with Crippen molar-refractivity contribution in [1.29, 1.82) is 0 Å². The Labute approximate surface area is 98.8 Å². The molecule has 1 unspecified atom stereocenters. The summed E-state index contributed by atoms with van der Waals surface area (Å²) in [6, 6.07) is 0. The Morgan fingerprint density at radius 1 is 1.31 bits per heavy atom. The first-order valence-electron chi connectivity index (χ1n) is 6.44. The van der Waals surface area contributed by atoms with Crippen LogP contribution in [0.4, 0.5) is 0 Å². The predicted octanol–water partition coefficient (Wildman–Crippen LogP) is 2.47. The number of nitrogens with zero attached hydrogens (tertiary/aromatic N) is 1. The summed E-state index contributed by atoms with van der Waals surface area (Å²) in [5.74, 6) is 0.523. The Balaban J connectivity index is 2.24. The molecule has 0 aromatic rings. The van der Waals surface area contributed by atoms with Gasteiger partial charge in [0.2, 0.25) is 0 Å². The van der Waals surface area contributed by atoms with E-state index in [0.29, 0.717) is 5.92 Å². The van der Waals surface area contributed by atoms with Gasteiger partial charge in [0.25, 0.3) is 0 Å². The standard InChI is InChI=1S/C13H25NO2/c1-10(2)9-14-6-4-12(5-7-14)8-11(3)13(15)16/h10-12H,4-9H2,1-3H3,(H,15,16). The van der Waals surface area contributed by atoms with Crippen molar-refractivity contribution in [1.82, 2.24) is 4.90 Å². The fraction of sp³-hybridized carbons (Fsp3) is 0.923. The molecule has 0 spiro atoms. The lowest BCUT2D eigenvalue weighted by Crippen LogP contribution is -2.36. The summed E-state index contributed by atoms with van der Waals surface area (Å²) < 4.78 is 0. The molecule has 0 aromatic heterocycles. The normalized spacial score (nSPS) is 21.2. The van der Waals surface area contributed by atoms with Gasteiger partial charge in [0.1, 0.15) is 0 Å². The van der Waals surface area contributed by atoms with Crippen LogP contribution in [0.25, 0.3) is 0 Å². The van der Waals surface area contributed by atoms with Crippen LogP contribution in [-0.4, -0.2) is 35.6 Å². The third kappa shape index (κ3) is 4.52. The molecule has 0 saturated carbocycles. The molecule has 0 bridgehead atoms. The highest BCUT2D eigenvalue weighted by molar-refractivity contribution is 5.69. The van der Waals surface area contributed by atoms with Gasteiger partial charge in [-0.1, -0.05) is 20.8 Å². The number of hydrogen-bond donors (Lipinski definition) is 1. The number of carbonyl (C=O) groups is 1. The quantitative estimate of drug-likeness (QED) is 0.784. The minimum Gasteiger partial charge on any atom is -0.481 e. The molecule has 0 amide bonds. The summed E-state index contributed by atoms with van der Waals surface area (Å²) in [6.45, 7) is 9.80. The molecule has 0 radical (unpaired) electrons. The second kappa shape index (κ2) is 6.24. The highest BCUT2D eigenvalue weighted by atomic mass is 16.4. The molecule has 1 saturated heterocycles. The summed E-state index contributed by atoms with van der Waals surface area (Å²) in [7, 11) is 0. The third-order valence-corrected chi connectivity index (χ3v) is 3.44. The fourth-order valence-electron chi connectivity index (χ4n) is 2.52. The maximum atomic E-state index is 10.8. The molecule has 1 aliphatic rings. The second-order valence-electron chi connectivity index (χ2n) is 5.61. The molecule has 0 aromatic carbocycles. The fourth-order valence-corrected chi connectivity index (χ4v) is 2.52. The van der Waals surface area contributed by atoms with Crippen molar-refractivity contribution in [3.05, 3.63) is 0 Å². The Bertz CT molecular complexity index is 220. The topological polar surface area (TPSA) is 40.5 Å². The molecule has 3 nitrogen and oxygen atoms in total. The van der Waals surface area contributed by atoms with Crippen LogP contribution in [0.2, 0.25) is 0 Å². The summed E-state index contributed by atoms with van der Waals surface area (Å²) >= 11 is 0. The zero-order chi connectivity index (χ0) is 12.1. The van der Waals surface area contributed by atoms with E-state index >= 15 is 0 Å². The maximum Gasteiger partial charge on any atom is 0.306 e. The molecular formula is C13H25NO2. The van der Waals surface area contributed by atoms with E-state index in [4.69, 9.17) is 5.11 Å². The Kier molecular flexibility index (Phi) is 5.26. The Morgan fingerprint density at radius 3 is 2.31 bits per heavy atom. The number of likely N-dealkylation sites (tertiary alicyclic amines) is 1. The van der Waals surface area contributed by atoms with Gasteiger partial charge in [0.05, 0.1) is 5.92 Å². The van der Waals surface area contributed by atoms with Crippen molar-refractivity contribution in [3.63, 3.8) is 0 Å². The number of carboxylic acids is 1. The first kappa shape index (κ1) is 13.5. The first-order valence-corrected chi connectivity index (χ1v) is 6.44. The average molecular weight is 227 g/mol. The lowest BCUT2D eigenvalue weighted by molar-refractivity contribution is -0.141. The molecule has 1 fully saturated rings. The van der Waals surface area contributed by atoms with Gasteiger partial charge in [-0.2, -0.15) is 0 Å². The number of hydrogen-bond acceptors (Lipinski definition) is 2. The summed E-state index contributed by atoms with van der Waals surface area (Å²) in [5, 5.41) is 8.87.